The number of ether oxygens (including phenoxy) is 2. The molecule has 0 saturated carbocycles. The van der Waals surface area contributed by atoms with Crippen LogP contribution in [0.25, 0.3) is 0 Å². The number of esters is 1. The van der Waals surface area contributed by atoms with Gasteiger partial charge in [-0.3, -0.25) is 14.4 Å². The molecule has 1 atom stereocenters. The second-order valence-corrected chi connectivity index (χ2v) is 12.0. The molecule has 12 nitrogen and oxygen atoms in total. The monoisotopic (exact) mass is 585 g/mol. The molecule has 41 heavy (non-hydrogen) atoms. The zero-order chi connectivity index (χ0) is 30.8. The van der Waals surface area contributed by atoms with E-state index < -0.39 is 47.0 Å². The highest BCUT2D eigenvalue weighted by Crippen LogP contribution is 2.16. The van der Waals surface area contributed by atoms with Crippen molar-refractivity contribution in [3.05, 3.63) is 51.7 Å². The van der Waals surface area contributed by atoms with Crippen LogP contribution >= 0.6 is 11.3 Å². The number of carbonyl (C=O) groups is 5. The van der Waals surface area contributed by atoms with Gasteiger partial charge in [0.15, 0.2) is 0 Å². The molecule has 2 rings (SSSR count). The Morgan fingerprint density at radius 1 is 0.854 bits per heavy atom. The van der Waals surface area contributed by atoms with E-state index in [1.165, 1.54) is 12.1 Å². The van der Waals surface area contributed by atoms with Crippen molar-refractivity contribution in [3.8, 4) is 6.07 Å². The number of hydrogen-bond acceptors (Lipinski definition) is 9. The number of rotatable bonds is 10. The number of carbonyl (C=O) groups excluding carboxylic acids is 5. The number of nitrogens with zero attached hydrogens (tertiary/aromatic N) is 1. The Hall–Kier alpha value is -4.44. The lowest BCUT2D eigenvalue weighted by molar-refractivity contribution is -0.157. The van der Waals surface area contributed by atoms with Gasteiger partial charge in [0.2, 0.25) is 11.8 Å². The highest BCUT2D eigenvalue weighted by molar-refractivity contribution is 7.14. The van der Waals surface area contributed by atoms with Gasteiger partial charge in [-0.2, -0.15) is 5.26 Å². The van der Waals surface area contributed by atoms with Gasteiger partial charge < -0.3 is 30.7 Å². The quantitative estimate of drug-likeness (QED) is 0.308. The summed E-state index contributed by atoms with van der Waals surface area (Å²) in [7, 11) is 0. The molecule has 1 heterocycles. The van der Waals surface area contributed by atoms with Crippen molar-refractivity contribution in [1.82, 2.24) is 16.0 Å². The summed E-state index contributed by atoms with van der Waals surface area (Å²) in [6.07, 6.45) is -0.633. The van der Waals surface area contributed by atoms with E-state index in [1.807, 2.05) is 6.07 Å². The van der Waals surface area contributed by atoms with Crippen LogP contribution in [0.3, 0.4) is 0 Å². The van der Waals surface area contributed by atoms with Crippen LogP contribution in [0.5, 0.6) is 0 Å². The van der Waals surface area contributed by atoms with E-state index in [4.69, 9.17) is 14.7 Å². The number of hydrogen-bond donors (Lipinski definition) is 4. The standard InChI is InChI=1S/C28H35N5O7S/c1-27(2,3)39-25(37)20(33-26(38)40-28(4,5)6)13-17-7-9-18(10-8-17)32-23(35)16-30-22(34)15-31-24(36)21-12-11-19(14-29)41-21/h7-12,20H,13,15-16H2,1-6H3,(H,30,34)(H,31,36)(H,32,35)(H,33,38)/t20-/m0/s1. The van der Waals surface area contributed by atoms with Gasteiger partial charge in [-0.1, -0.05) is 12.1 Å². The summed E-state index contributed by atoms with van der Waals surface area (Å²) in [5.74, 6) is -2.17. The molecular weight excluding hydrogens is 550 g/mol. The second kappa shape index (κ2) is 14.3. The maximum atomic E-state index is 12.8. The zero-order valence-electron chi connectivity index (χ0n) is 23.9. The lowest BCUT2D eigenvalue weighted by Crippen LogP contribution is -2.47. The first-order valence-electron chi connectivity index (χ1n) is 12.7. The summed E-state index contributed by atoms with van der Waals surface area (Å²) < 4.78 is 10.7. The number of nitrogens with one attached hydrogen (secondary N) is 4. The van der Waals surface area contributed by atoms with Crippen molar-refractivity contribution in [3.63, 3.8) is 0 Å². The SMILES string of the molecule is CC(C)(C)OC(=O)N[C@@H](Cc1ccc(NC(=O)CNC(=O)CNC(=O)c2ccc(C#N)s2)cc1)C(=O)OC(C)(C)C. The van der Waals surface area contributed by atoms with Crippen molar-refractivity contribution in [2.24, 2.45) is 0 Å². The minimum atomic E-state index is -1.01. The average molecular weight is 586 g/mol. The van der Waals surface area contributed by atoms with Crippen molar-refractivity contribution < 1.29 is 33.4 Å². The molecule has 4 amide bonds. The van der Waals surface area contributed by atoms with Gasteiger partial charge in [0, 0.05) is 12.1 Å². The molecule has 0 spiro atoms. The van der Waals surface area contributed by atoms with Crippen LogP contribution in [0.15, 0.2) is 36.4 Å². The summed E-state index contributed by atoms with van der Waals surface area (Å²) in [6.45, 7) is 9.65. The molecule has 0 bridgehead atoms. The summed E-state index contributed by atoms with van der Waals surface area (Å²) in [4.78, 5) is 62.1. The molecule has 0 radical (unpaired) electrons. The van der Waals surface area contributed by atoms with E-state index in [1.54, 1.807) is 65.8 Å². The van der Waals surface area contributed by atoms with Crippen molar-refractivity contribution in [2.45, 2.75) is 65.2 Å². The highest BCUT2D eigenvalue weighted by atomic mass is 32.1. The first-order valence-corrected chi connectivity index (χ1v) is 13.5. The molecule has 4 N–H and O–H groups in total. The minimum absolute atomic E-state index is 0.119. The van der Waals surface area contributed by atoms with Crippen LogP contribution in [0, 0.1) is 11.3 Å². The van der Waals surface area contributed by atoms with Crippen LogP contribution in [0.4, 0.5) is 10.5 Å². The highest BCUT2D eigenvalue weighted by Gasteiger charge is 2.29. The van der Waals surface area contributed by atoms with E-state index in [0.29, 0.717) is 21.0 Å². The Morgan fingerprint density at radius 2 is 1.46 bits per heavy atom. The molecule has 1 aromatic carbocycles. The van der Waals surface area contributed by atoms with Crippen molar-refractivity contribution in [2.75, 3.05) is 18.4 Å². The van der Waals surface area contributed by atoms with E-state index in [9.17, 15) is 24.0 Å². The fraction of sp³-hybridized carbons (Fsp3) is 0.429. The molecular formula is C28H35N5O7S. The maximum absolute atomic E-state index is 12.8. The smallest absolute Gasteiger partial charge is 0.408 e. The molecule has 0 unspecified atom stereocenters. The molecule has 2 aromatic rings. The predicted octanol–water partition coefficient (Wildman–Crippen LogP) is 2.88. The van der Waals surface area contributed by atoms with E-state index in [2.05, 4.69) is 21.3 Å². The Morgan fingerprint density at radius 3 is 2.02 bits per heavy atom. The molecule has 13 heteroatoms. The summed E-state index contributed by atoms with van der Waals surface area (Å²) in [6, 6.07) is 10.5. The summed E-state index contributed by atoms with van der Waals surface area (Å²) in [5, 5.41) is 18.9. The molecule has 0 fully saturated rings. The van der Waals surface area contributed by atoms with Crippen LogP contribution in [0.1, 0.15) is 61.7 Å². The zero-order valence-corrected chi connectivity index (χ0v) is 24.7. The fourth-order valence-electron chi connectivity index (χ4n) is 3.19. The Balaban J connectivity index is 1.88. The molecule has 0 aliphatic carbocycles. The first-order chi connectivity index (χ1) is 19.0. The van der Waals surface area contributed by atoms with E-state index >= 15 is 0 Å². The number of anilines is 1. The lowest BCUT2D eigenvalue weighted by atomic mass is 10.0. The molecule has 0 aliphatic heterocycles. The van der Waals surface area contributed by atoms with Crippen molar-refractivity contribution in [1.29, 1.82) is 5.26 Å². The lowest BCUT2D eigenvalue weighted by Gasteiger charge is -2.26. The van der Waals surface area contributed by atoms with Crippen LogP contribution < -0.4 is 21.3 Å². The number of thiophene rings is 1. The normalized spacial score (nSPS) is 11.8. The van der Waals surface area contributed by atoms with Gasteiger partial charge in [0.05, 0.1) is 18.0 Å². The third kappa shape index (κ3) is 12.5. The maximum Gasteiger partial charge on any atom is 0.408 e. The van der Waals surface area contributed by atoms with Crippen LogP contribution in [0.2, 0.25) is 0 Å². The van der Waals surface area contributed by atoms with E-state index in [-0.39, 0.29) is 19.5 Å². The number of alkyl carbamates (subject to hydrolysis) is 1. The Kier molecular flexibility index (Phi) is 11.4. The second-order valence-electron chi connectivity index (χ2n) is 10.9. The number of benzene rings is 1. The summed E-state index contributed by atoms with van der Waals surface area (Å²) in [5.41, 5.74) is -0.372. The third-order valence-corrected chi connectivity index (χ3v) is 5.84. The van der Waals surface area contributed by atoms with Gasteiger partial charge in [0.1, 0.15) is 28.2 Å². The number of nitriles is 1. The number of amides is 4. The first kappa shape index (κ1) is 32.8. The van der Waals surface area contributed by atoms with Gasteiger partial charge in [0.25, 0.3) is 5.91 Å². The molecule has 0 saturated heterocycles. The van der Waals surface area contributed by atoms with Crippen LogP contribution in [-0.4, -0.2) is 60.1 Å². The summed E-state index contributed by atoms with van der Waals surface area (Å²) >= 11 is 1.01. The predicted molar refractivity (Wildman–Crippen MR) is 152 cm³/mol. The minimum Gasteiger partial charge on any atom is -0.458 e. The fourth-order valence-corrected chi connectivity index (χ4v) is 3.91. The van der Waals surface area contributed by atoms with Crippen LogP contribution in [-0.2, 0) is 30.3 Å². The van der Waals surface area contributed by atoms with Gasteiger partial charge >= 0.3 is 12.1 Å². The van der Waals surface area contributed by atoms with Gasteiger partial charge in [-0.25, -0.2) is 9.59 Å². The molecule has 220 valence electrons. The van der Waals surface area contributed by atoms with Crippen molar-refractivity contribution >= 4 is 46.8 Å². The Labute approximate surface area is 242 Å². The molecule has 0 aliphatic rings. The topological polar surface area (TPSA) is 176 Å². The third-order valence-electron chi connectivity index (χ3n) is 4.86. The molecule has 1 aromatic heterocycles. The average Bonchev–Trinajstić information content (AvgIpc) is 3.34. The Bertz CT molecular complexity index is 1300. The van der Waals surface area contributed by atoms with Gasteiger partial charge in [-0.05, 0) is 71.4 Å². The van der Waals surface area contributed by atoms with Gasteiger partial charge in [-0.15, -0.1) is 11.3 Å². The van der Waals surface area contributed by atoms with E-state index in [0.717, 1.165) is 11.3 Å². The largest absolute Gasteiger partial charge is 0.458 e.